The molecule has 4 aromatic rings. The summed E-state index contributed by atoms with van der Waals surface area (Å²) in [5.74, 6) is -0.632. The monoisotopic (exact) mass is 487 g/mol. The zero-order valence-electron chi connectivity index (χ0n) is 16.6. The molecule has 0 N–H and O–H groups in total. The van der Waals surface area contributed by atoms with E-state index in [2.05, 4.69) is 26.0 Å². The molecule has 0 bridgehead atoms. The van der Waals surface area contributed by atoms with Gasteiger partial charge in [-0.05, 0) is 66.7 Å². The highest BCUT2D eigenvalue weighted by atomic mass is 79.9. The molecule has 3 aromatic carbocycles. The maximum absolute atomic E-state index is 13.5. The highest BCUT2D eigenvalue weighted by Crippen LogP contribution is 2.28. The number of para-hydroxylation sites is 1. The molecule has 1 aliphatic rings. The van der Waals surface area contributed by atoms with Crippen molar-refractivity contribution in [2.75, 3.05) is 0 Å². The summed E-state index contributed by atoms with van der Waals surface area (Å²) in [5.41, 5.74) is 3.70. The zero-order valence-corrected chi connectivity index (χ0v) is 18.2. The predicted octanol–water partition coefficient (Wildman–Crippen LogP) is 5.79. The number of aliphatic imine (C=N–C) groups is 1. The Morgan fingerprint density at radius 2 is 1.59 bits per heavy atom. The van der Waals surface area contributed by atoms with E-state index >= 15 is 0 Å². The number of hydrogen-bond acceptors (Lipinski definition) is 4. The summed E-state index contributed by atoms with van der Waals surface area (Å²) in [6.07, 6.45) is 3.45. The SMILES string of the molecule is O=C1OC(c2ccc(Br)cc2)=N/C1=C/c1cn(-c2ccccc2)nc1-c1ccc(F)cc1. The fourth-order valence-electron chi connectivity index (χ4n) is 3.31. The second kappa shape index (κ2) is 8.36. The third kappa shape index (κ3) is 4.02. The number of rotatable bonds is 4. The van der Waals surface area contributed by atoms with Crippen LogP contribution in [-0.4, -0.2) is 21.6 Å². The normalized spacial score (nSPS) is 14.5. The number of cyclic esters (lactones) is 1. The van der Waals surface area contributed by atoms with Crippen LogP contribution in [0, 0.1) is 5.82 Å². The quantitative estimate of drug-likeness (QED) is 0.270. The van der Waals surface area contributed by atoms with Crippen molar-refractivity contribution >= 4 is 33.9 Å². The maximum Gasteiger partial charge on any atom is 0.363 e. The Balaban J connectivity index is 1.59. The molecule has 0 saturated heterocycles. The first kappa shape index (κ1) is 20.1. The van der Waals surface area contributed by atoms with Crippen molar-refractivity contribution in [2.45, 2.75) is 0 Å². The molecule has 156 valence electrons. The number of aromatic nitrogens is 2. The average molecular weight is 488 g/mol. The molecule has 0 amide bonds. The Morgan fingerprint density at radius 3 is 2.31 bits per heavy atom. The third-order valence-electron chi connectivity index (χ3n) is 4.88. The molecule has 7 heteroatoms. The lowest BCUT2D eigenvalue weighted by Gasteiger charge is -2.00. The van der Waals surface area contributed by atoms with E-state index < -0.39 is 5.97 Å². The van der Waals surface area contributed by atoms with Crippen LogP contribution in [0.1, 0.15) is 11.1 Å². The number of halogens is 2. The largest absolute Gasteiger partial charge is 0.402 e. The third-order valence-corrected chi connectivity index (χ3v) is 5.41. The van der Waals surface area contributed by atoms with Gasteiger partial charge < -0.3 is 4.74 Å². The first-order valence-corrected chi connectivity index (χ1v) is 10.6. The first-order valence-electron chi connectivity index (χ1n) is 9.76. The number of benzene rings is 3. The molecule has 0 saturated carbocycles. The van der Waals surface area contributed by atoms with Crippen LogP contribution in [0.2, 0.25) is 0 Å². The molecule has 1 aromatic heterocycles. The van der Waals surface area contributed by atoms with Crippen molar-refractivity contribution in [1.82, 2.24) is 9.78 Å². The molecule has 0 fully saturated rings. The molecule has 0 aliphatic carbocycles. The molecule has 5 rings (SSSR count). The topological polar surface area (TPSA) is 56.5 Å². The molecule has 0 spiro atoms. The Kier molecular flexibility index (Phi) is 5.25. The average Bonchev–Trinajstić information content (AvgIpc) is 3.39. The van der Waals surface area contributed by atoms with Crippen molar-refractivity contribution < 1.29 is 13.9 Å². The molecule has 0 radical (unpaired) electrons. The van der Waals surface area contributed by atoms with Crippen molar-refractivity contribution in [2.24, 2.45) is 4.99 Å². The van der Waals surface area contributed by atoms with Crippen LogP contribution in [0.15, 0.2) is 100 Å². The van der Waals surface area contributed by atoms with Gasteiger partial charge in [0.15, 0.2) is 5.70 Å². The van der Waals surface area contributed by atoms with Crippen molar-refractivity contribution in [3.05, 3.63) is 112 Å². The minimum Gasteiger partial charge on any atom is -0.402 e. The van der Waals surface area contributed by atoms with E-state index in [0.717, 1.165) is 15.7 Å². The minimum absolute atomic E-state index is 0.166. The van der Waals surface area contributed by atoms with E-state index in [1.165, 1.54) is 12.1 Å². The second-order valence-electron chi connectivity index (χ2n) is 7.06. The van der Waals surface area contributed by atoms with Gasteiger partial charge in [0.05, 0.1) is 5.69 Å². The van der Waals surface area contributed by atoms with Crippen LogP contribution < -0.4 is 0 Å². The van der Waals surface area contributed by atoms with Gasteiger partial charge in [0.25, 0.3) is 0 Å². The number of nitrogens with zero attached hydrogens (tertiary/aromatic N) is 3. The number of hydrogen-bond donors (Lipinski definition) is 0. The number of ether oxygens (including phenoxy) is 1. The molecule has 0 unspecified atom stereocenters. The lowest BCUT2D eigenvalue weighted by Crippen LogP contribution is -2.05. The summed E-state index contributed by atoms with van der Waals surface area (Å²) in [7, 11) is 0. The highest BCUT2D eigenvalue weighted by Gasteiger charge is 2.25. The van der Waals surface area contributed by atoms with Gasteiger partial charge in [0, 0.05) is 27.4 Å². The van der Waals surface area contributed by atoms with E-state index in [4.69, 9.17) is 4.74 Å². The van der Waals surface area contributed by atoms with Gasteiger partial charge in [0.2, 0.25) is 5.90 Å². The van der Waals surface area contributed by atoms with Crippen LogP contribution in [0.5, 0.6) is 0 Å². The van der Waals surface area contributed by atoms with E-state index in [0.29, 0.717) is 16.8 Å². The van der Waals surface area contributed by atoms with E-state index in [1.807, 2.05) is 54.6 Å². The summed E-state index contributed by atoms with van der Waals surface area (Å²) in [6.45, 7) is 0. The smallest absolute Gasteiger partial charge is 0.363 e. The summed E-state index contributed by atoms with van der Waals surface area (Å²) in [4.78, 5) is 16.9. The Hall–Kier alpha value is -3.84. The number of esters is 1. The van der Waals surface area contributed by atoms with Crippen LogP contribution in [0.25, 0.3) is 23.0 Å². The fourth-order valence-corrected chi connectivity index (χ4v) is 3.57. The molecular weight excluding hydrogens is 473 g/mol. The number of carbonyl (C=O) groups is 1. The molecule has 5 nitrogen and oxygen atoms in total. The first-order chi connectivity index (χ1) is 15.6. The summed E-state index contributed by atoms with van der Waals surface area (Å²) in [6, 6.07) is 23.0. The molecular formula is C25H15BrFN3O2. The second-order valence-corrected chi connectivity index (χ2v) is 7.98. The Morgan fingerprint density at radius 1 is 0.906 bits per heavy atom. The van der Waals surface area contributed by atoms with Crippen molar-refractivity contribution in [3.63, 3.8) is 0 Å². The van der Waals surface area contributed by atoms with Gasteiger partial charge >= 0.3 is 5.97 Å². The predicted molar refractivity (Wildman–Crippen MR) is 124 cm³/mol. The molecule has 0 atom stereocenters. The minimum atomic E-state index is -0.541. The van der Waals surface area contributed by atoms with Crippen molar-refractivity contribution in [1.29, 1.82) is 0 Å². The van der Waals surface area contributed by atoms with Gasteiger partial charge in [-0.2, -0.15) is 5.10 Å². The fraction of sp³-hybridized carbons (Fsp3) is 0. The summed E-state index contributed by atoms with van der Waals surface area (Å²) >= 11 is 3.39. The molecule has 2 heterocycles. The van der Waals surface area contributed by atoms with Gasteiger partial charge in [-0.1, -0.05) is 34.1 Å². The number of carbonyl (C=O) groups excluding carboxylic acids is 1. The molecule has 1 aliphatic heterocycles. The van der Waals surface area contributed by atoms with Crippen LogP contribution in [-0.2, 0) is 9.53 Å². The van der Waals surface area contributed by atoms with Gasteiger partial charge in [-0.3, -0.25) is 0 Å². The van der Waals surface area contributed by atoms with E-state index in [-0.39, 0.29) is 17.4 Å². The Bertz CT molecular complexity index is 1360. The van der Waals surface area contributed by atoms with Gasteiger partial charge in [0.1, 0.15) is 11.5 Å². The van der Waals surface area contributed by atoms with Gasteiger partial charge in [-0.15, -0.1) is 0 Å². The van der Waals surface area contributed by atoms with Crippen LogP contribution in [0.4, 0.5) is 4.39 Å². The summed E-state index contributed by atoms with van der Waals surface area (Å²) < 4.78 is 21.5. The summed E-state index contributed by atoms with van der Waals surface area (Å²) in [5, 5.41) is 4.68. The van der Waals surface area contributed by atoms with Crippen LogP contribution in [0.3, 0.4) is 0 Å². The van der Waals surface area contributed by atoms with E-state index in [1.54, 1.807) is 29.1 Å². The van der Waals surface area contributed by atoms with E-state index in [9.17, 15) is 9.18 Å². The maximum atomic E-state index is 13.5. The lowest BCUT2D eigenvalue weighted by atomic mass is 10.1. The highest BCUT2D eigenvalue weighted by molar-refractivity contribution is 9.10. The molecule has 32 heavy (non-hydrogen) atoms. The zero-order chi connectivity index (χ0) is 22.1. The Labute approximate surface area is 191 Å². The standard InChI is InChI=1S/C25H15BrFN3O2/c26-19-10-6-17(7-11-19)24-28-22(25(31)32-24)14-18-15-30(21-4-2-1-3-5-21)29-23(18)16-8-12-20(27)13-9-16/h1-15H/b22-14+. The van der Waals surface area contributed by atoms with Crippen molar-refractivity contribution in [3.8, 4) is 16.9 Å². The van der Waals surface area contributed by atoms with Gasteiger partial charge in [-0.25, -0.2) is 18.9 Å². The van der Waals surface area contributed by atoms with Crippen LogP contribution >= 0.6 is 15.9 Å². The lowest BCUT2D eigenvalue weighted by molar-refractivity contribution is -0.129.